The molecule has 0 bridgehead atoms. The molecule has 6 nitrogen and oxygen atoms in total. The fourth-order valence-corrected chi connectivity index (χ4v) is 3.31. The van der Waals surface area contributed by atoms with Gasteiger partial charge in [-0.2, -0.15) is 5.10 Å². The average molecular weight is 348 g/mol. The molecule has 4 aromatic rings. The second kappa shape index (κ2) is 5.98. The number of pyridine rings is 1. The topological polar surface area (TPSA) is 73.0 Å². The number of benzene rings is 1. The Morgan fingerprint density at radius 1 is 1.23 bits per heavy atom. The van der Waals surface area contributed by atoms with Gasteiger partial charge in [-0.05, 0) is 39.0 Å². The van der Waals surface area contributed by atoms with Crippen LogP contribution in [0.3, 0.4) is 0 Å². The van der Waals surface area contributed by atoms with E-state index < -0.39 is 0 Å². The Morgan fingerprint density at radius 2 is 2.00 bits per heavy atom. The normalized spacial score (nSPS) is 12.6. The van der Waals surface area contributed by atoms with E-state index >= 15 is 0 Å². The summed E-state index contributed by atoms with van der Waals surface area (Å²) in [6, 6.07) is 11.3. The number of aromatic nitrogens is 3. The van der Waals surface area contributed by atoms with E-state index in [4.69, 9.17) is 4.42 Å². The molecule has 0 aliphatic carbocycles. The number of hydrogen-bond acceptors (Lipinski definition) is 4. The van der Waals surface area contributed by atoms with Gasteiger partial charge in [-0.1, -0.05) is 18.2 Å². The van der Waals surface area contributed by atoms with Gasteiger partial charge in [-0.3, -0.25) is 9.48 Å². The Balaban J connectivity index is 1.69. The predicted octanol–water partition coefficient (Wildman–Crippen LogP) is 3.82. The molecule has 6 heteroatoms. The minimum Gasteiger partial charge on any atom is -0.459 e. The van der Waals surface area contributed by atoms with Crippen molar-refractivity contribution in [3.05, 3.63) is 59.1 Å². The van der Waals surface area contributed by atoms with Crippen LogP contribution in [-0.4, -0.2) is 20.7 Å². The summed E-state index contributed by atoms with van der Waals surface area (Å²) in [4.78, 5) is 17.5. The van der Waals surface area contributed by atoms with Gasteiger partial charge >= 0.3 is 0 Å². The summed E-state index contributed by atoms with van der Waals surface area (Å²) in [7, 11) is 1.83. The van der Waals surface area contributed by atoms with E-state index in [1.165, 1.54) is 0 Å². The van der Waals surface area contributed by atoms with Gasteiger partial charge in [0.25, 0.3) is 5.91 Å². The van der Waals surface area contributed by atoms with Crippen LogP contribution < -0.4 is 5.32 Å². The van der Waals surface area contributed by atoms with E-state index in [1.54, 1.807) is 10.7 Å². The van der Waals surface area contributed by atoms with Crippen LogP contribution in [0.4, 0.5) is 0 Å². The van der Waals surface area contributed by atoms with Crippen molar-refractivity contribution in [2.75, 3.05) is 0 Å². The average Bonchev–Trinajstić information content (AvgIpc) is 3.15. The second-order valence-electron chi connectivity index (χ2n) is 6.60. The summed E-state index contributed by atoms with van der Waals surface area (Å²) in [5.41, 5.74) is 3.68. The summed E-state index contributed by atoms with van der Waals surface area (Å²) >= 11 is 0. The first-order valence-electron chi connectivity index (χ1n) is 8.54. The number of carbonyl (C=O) groups excluding carboxylic acids is 1. The third kappa shape index (κ3) is 2.63. The van der Waals surface area contributed by atoms with E-state index in [2.05, 4.69) is 15.4 Å². The maximum absolute atomic E-state index is 13.0. The zero-order valence-electron chi connectivity index (χ0n) is 15.2. The molecule has 0 saturated heterocycles. The highest BCUT2D eigenvalue weighted by Gasteiger charge is 2.20. The fraction of sp³-hybridized carbons (Fsp3) is 0.250. The van der Waals surface area contributed by atoms with Crippen molar-refractivity contribution >= 4 is 27.9 Å². The molecule has 26 heavy (non-hydrogen) atoms. The second-order valence-corrected chi connectivity index (χ2v) is 6.60. The number of para-hydroxylation sites is 1. The molecule has 4 rings (SSSR count). The van der Waals surface area contributed by atoms with Crippen LogP contribution in [-0.2, 0) is 7.05 Å². The molecule has 0 aliphatic heterocycles. The zero-order chi connectivity index (χ0) is 18.4. The molecule has 3 heterocycles. The van der Waals surface area contributed by atoms with Gasteiger partial charge < -0.3 is 9.73 Å². The number of nitrogens with one attached hydrogen (secondary N) is 1. The molecule has 1 amide bonds. The summed E-state index contributed by atoms with van der Waals surface area (Å²) in [5, 5.41) is 9.23. The van der Waals surface area contributed by atoms with Crippen LogP contribution in [0.15, 0.2) is 40.8 Å². The lowest BCUT2D eigenvalue weighted by molar-refractivity contribution is 0.0937. The number of furan rings is 1. The first-order valence-corrected chi connectivity index (χ1v) is 8.54. The van der Waals surface area contributed by atoms with Gasteiger partial charge in [0.15, 0.2) is 5.65 Å². The highest BCUT2D eigenvalue weighted by Crippen LogP contribution is 2.25. The Hall–Kier alpha value is -3.15. The number of fused-ring (bicyclic) bond motifs is 2. The fourth-order valence-electron chi connectivity index (χ4n) is 3.31. The van der Waals surface area contributed by atoms with Crippen LogP contribution in [0.5, 0.6) is 0 Å². The molecule has 0 radical (unpaired) electrons. The van der Waals surface area contributed by atoms with Crippen molar-refractivity contribution < 1.29 is 9.21 Å². The lowest BCUT2D eigenvalue weighted by Crippen LogP contribution is -2.26. The number of carbonyl (C=O) groups is 1. The van der Waals surface area contributed by atoms with Crippen LogP contribution in [0.2, 0.25) is 0 Å². The van der Waals surface area contributed by atoms with Crippen molar-refractivity contribution in [3.8, 4) is 0 Å². The summed E-state index contributed by atoms with van der Waals surface area (Å²) in [6.45, 7) is 5.68. The third-order valence-electron chi connectivity index (χ3n) is 4.56. The standard InChI is InChI=1S/C20H20N4O2/c1-11-9-15(18-13(3)23-24(4)19(18)21-11)20(25)22-12(2)17-10-14-7-5-6-8-16(14)26-17/h5-10,12H,1-4H3,(H,22,25). The van der Waals surface area contributed by atoms with Crippen molar-refractivity contribution in [2.24, 2.45) is 7.05 Å². The molecule has 132 valence electrons. The SMILES string of the molecule is Cc1cc(C(=O)NC(C)c2cc3ccccc3o2)c2c(C)nn(C)c2n1. The molecular weight excluding hydrogens is 328 g/mol. The zero-order valence-corrected chi connectivity index (χ0v) is 15.2. The number of aryl methyl sites for hydroxylation is 3. The number of hydrogen-bond donors (Lipinski definition) is 1. The molecular formula is C20H20N4O2. The Labute approximate surface area is 150 Å². The van der Waals surface area contributed by atoms with E-state index in [1.807, 2.05) is 58.2 Å². The van der Waals surface area contributed by atoms with Crippen LogP contribution in [0.1, 0.15) is 40.5 Å². The minimum absolute atomic E-state index is 0.162. The van der Waals surface area contributed by atoms with Crippen LogP contribution >= 0.6 is 0 Å². The summed E-state index contributed by atoms with van der Waals surface area (Å²) in [5.74, 6) is 0.564. The summed E-state index contributed by atoms with van der Waals surface area (Å²) in [6.07, 6.45) is 0. The minimum atomic E-state index is -0.254. The van der Waals surface area contributed by atoms with Gasteiger partial charge in [0.1, 0.15) is 11.3 Å². The molecule has 1 unspecified atom stereocenters. The van der Waals surface area contributed by atoms with Gasteiger partial charge in [0.2, 0.25) is 0 Å². The molecule has 1 atom stereocenters. The molecule has 0 spiro atoms. The monoisotopic (exact) mass is 348 g/mol. The van der Waals surface area contributed by atoms with Gasteiger partial charge in [-0.15, -0.1) is 0 Å². The number of amides is 1. The highest BCUT2D eigenvalue weighted by molar-refractivity contribution is 6.06. The predicted molar refractivity (Wildman–Crippen MR) is 100 cm³/mol. The highest BCUT2D eigenvalue weighted by atomic mass is 16.3. The van der Waals surface area contributed by atoms with Gasteiger partial charge in [0, 0.05) is 18.1 Å². The molecule has 3 aromatic heterocycles. The Bertz CT molecular complexity index is 1110. The number of nitrogens with zero attached hydrogens (tertiary/aromatic N) is 3. The Kier molecular flexibility index (Phi) is 3.76. The van der Waals surface area contributed by atoms with Crippen LogP contribution in [0, 0.1) is 13.8 Å². The molecule has 1 aromatic carbocycles. The van der Waals surface area contributed by atoms with Crippen molar-refractivity contribution in [1.29, 1.82) is 0 Å². The van der Waals surface area contributed by atoms with Crippen LogP contribution in [0.25, 0.3) is 22.0 Å². The van der Waals surface area contributed by atoms with Crippen molar-refractivity contribution in [1.82, 2.24) is 20.1 Å². The largest absolute Gasteiger partial charge is 0.459 e. The maximum atomic E-state index is 13.0. The Morgan fingerprint density at radius 3 is 2.77 bits per heavy atom. The smallest absolute Gasteiger partial charge is 0.252 e. The van der Waals surface area contributed by atoms with E-state index in [-0.39, 0.29) is 11.9 Å². The quantitative estimate of drug-likeness (QED) is 0.611. The lowest BCUT2D eigenvalue weighted by Gasteiger charge is -2.12. The molecule has 0 aliphatic rings. The molecule has 0 saturated carbocycles. The van der Waals surface area contributed by atoms with Gasteiger partial charge in [0.05, 0.1) is 22.7 Å². The van der Waals surface area contributed by atoms with Gasteiger partial charge in [-0.25, -0.2) is 4.98 Å². The van der Waals surface area contributed by atoms with Crippen molar-refractivity contribution in [2.45, 2.75) is 26.8 Å². The van der Waals surface area contributed by atoms with E-state index in [0.717, 1.165) is 33.5 Å². The first-order chi connectivity index (χ1) is 12.4. The number of rotatable bonds is 3. The lowest BCUT2D eigenvalue weighted by atomic mass is 10.1. The maximum Gasteiger partial charge on any atom is 0.252 e. The first kappa shape index (κ1) is 16.3. The third-order valence-corrected chi connectivity index (χ3v) is 4.56. The van der Waals surface area contributed by atoms with E-state index in [0.29, 0.717) is 11.2 Å². The molecule has 1 N–H and O–H groups in total. The van der Waals surface area contributed by atoms with E-state index in [9.17, 15) is 4.79 Å². The molecule has 0 fully saturated rings. The van der Waals surface area contributed by atoms with Crippen molar-refractivity contribution in [3.63, 3.8) is 0 Å². The summed E-state index contributed by atoms with van der Waals surface area (Å²) < 4.78 is 7.57.